The van der Waals surface area contributed by atoms with Gasteiger partial charge in [-0.15, -0.1) is 0 Å². The van der Waals surface area contributed by atoms with Crippen LogP contribution in [0.5, 0.6) is 5.19 Å². The van der Waals surface area contributed by atoms with Crippen LogP contribution in [0.2, 0.25) is 0 Å². The normalized spacial score (nSPS) is 18.8. The summed E-state index contributed by atoms with van der Waals surface area (Å²) in [6, 6.07) is 5.07. The van der Waals surface area contributed by atoms with Gasteiger partial charge in [0.2, 0.25) is 0 Å². The van der Waals surface area contributed by atoms with Crippen molar-refractivity contribution in [2.75, 3.05) is 13.2 Å². The molecule has 0 aliphatic carbocycles. The van der Waals surface area contributed by atoms with E-state index < -0.39 is 4.92 Å². The lowest BCUT2D eigenvalue weighted by atomic mass is 10.2. The molecule has 0 saturated carbocycles. The topological polar surface area (TPSA) is 77.3 Å². The molecule has 2 heterocycles. The Morgan fingerprint density at radius 2 is 2.47 bits per heavy atom. The minimum Gasteiger partial charge on any atom is -0.468 e. The highest BCUT2D eigenvalue weighted by atomic mass is 32.1. The van der Waals surface area contributed by atoms with Crippen molar-refractivity contribution in [1.29, 1.82) is 0 Å². The van der Waals surface area contributed by atoms with Crippen LogP contribution in [0.4, 0.5) is 5.69 Å². The summed E-state index contributed by atoms with van der Waals surface area (Å²) in [4.78, 5) is 14.6. The lowest BCUT2D eigenvalue weighted by Gasteiger charge is -2.09. The number of ether oxygens (including phenoxy) is 1. The van der Waals surface area contributed by atoms with E-state index in [1.165, 1.54) is 29.9 Å². The molecule has 0 spiro atoms. The fraction of sp³-hybridized carbons (Fsp3) is 0.417. The Morgan fingerprint density at radius 1 is 1.58 bits per heavy atom. The number of non-ortho nitro benzene ring substituents is 1. The Balaban J connectivity index is 1.75. The Bertz CT molecular complexity index is 607. The van der Waals surface area contributed by atoms with Crippen molar-refractivity contribution in [1.82, 2.24) is 10.3 Å². The zero-order chi connectivity index (χ0) is 13.2. The second kappa shape index (κ2) is 5.10. The first-order chi connectivity index (χ1) is 9.22. The Labute approximate surface area is 113 Å². The number of benzene rings is 1. The summed E-state index contributed by atoms with van der Waals surface area (Å²) < 4.78 is 6.55. The minimum absolute atomic E-state index is 0.0572. The van der Waals surface area contributed by atoms with Gasteiger partial charge in [-0.1, -0.05) is 11.3 Å². The van der Waals surface area contributed by atoms with Crippen LogP contribution in [0.1, 0.15) is 12.8 Å². The average molecular weight is 279 g/mol. The Hall–Kier alpha value is -1.73. The molecule has 1 aromatic carbocycles. The molecule has 0 radical (unpaired) electrons. The van der Waals surface area contributed by atoms with E-state index >= 15 is 0 Å². The third-order valence-electron chi connectivity index (χ3n) is 3.13. The number of fused-ring (bicyclic) bond motifs is 1. The maximum atomic E-state index is 10.7. The highest BCUT2D eigenvalue weighted by Gasteiger charge is 2.16. The monoisotopic (exact) mass is 279 g/mol. The summed E-state index contributed by atoms with van der Waals surface area (Å²) in [5, 5.41) is 14.6. The molecule has 1 aliphatic heterocycles. The van der Waals surface area contributed by atoms with Gasteiger partial charge in [-0.2, -0.15) is 0 Å². The molecule has 2 aromatic rings. The fourth-order valence-corrected chi connectivity index (χ4v) is 2.95. The third-order valence-corrected chi connectivity index (χ3v) is 4.08. The largest absolute Gasteiger partial charge is 0.468 e. The van der Waals surface area contributed by atoms with E-state index in [1.54, 1.807) is 6.07 Å². The smallest absolute Gasteiger partial charge is 0.274 e. The highest BCUT2D eigenvalue weighted by Crippen LogP contribution is 2.30. The number of aromatic nitrogens is 1. The van der Waals surface area contributed by atoms with Gasteiger partial charge in [-0.25, -0.2) is 4.98 Å². The van der Waals surface area contributed by atoms with E-state index in [-0.39, 0.29) is 5.69 Å². The predicted molar refractivity (Wildman–Crippen MR) is 72.8 cm³/mol. The number of nitrogens with one attached hydrogen (secondary N) is 1. The van der Waals surface area contributed by atoms with Crippen molar-refractivity contribution < 1.29 is 9.66 Å². The van der Waals surface area contributed by atoms with Crippen LogP contribution in [0.3, 0.4) is 0 Å². The Kier molecular flexibility index (Phi) is 3.31. The van der Waals surface area contributed by atoms with Crippen molar-refractivity contribution in [2.24, 2.45) is 0 Å². The number of hydrogen-bond acceptors (Lipinski definition) is 6. The summed E-state index contributed by atoms with van der Waals surface area (Å²) in [5.41, 5.74) is 0.676. The van der Waals surface area contributed by atoms with E-state index in [1.807, 2.05) is 0 Å². The Morgan fingerprint density at radius 3 is 3.21 bits per heavy atom. The molecule has 1 aromatic heterocycles. The van der Waals surface area contributed by atoms with Gasteiger partial charge in [0.15, 0.2) is 0 Å². The second-order valence-electron chi connectivity index (χ2n) is 4.49. The fourth-order valence-electron chi connectivity index (χ4n) is 2.14. The number of thiazole rings is 1. The molecule has 7 heteroatoms. The lowest BCUT2D eigenvalue weighted by molar-refractivity contribution is -0.384. The molecule has 1 fully saturated rings. The molecule has 1 atom stereocenters. The van der Waals surface area contributed by atoms with Gasteiger partial charge < -0.3 is 10.1 Å². The third kappa shape index (κ3) is 2.66. The molecule has 1 N–H and O–H groups in total. The maximum absolute atomic E-state index is 10.7. The molecule has 1 saturated heterocycles. The van der Waals surface area contributed by atoms with Gasteiger partial charge in [0.1, 0.15) is 6.61 Å². The number of hydrogen-bond donors (Lipinski definition) is 1. The van der Waals surface area contributed by atoms with Crippen LogP contribution >= 0.6 is 11.3 Å². The molecule has 3 rings (SSSR count). The summed E-state index contributed by atoms with van der Waals surface area (Å²) in [6.07, 6.45) is 2.30. The number of nitro benzene ring substituents is 1. The molecule has 0 bridgehead atoms. The molecular formula is C12H13N3O3S. The summed E-state index contributed by atoms with van der Waals surface area (Å²) in [5.74, 6) is 0. The van der Waals surface area contributed by atoms with Crippen LogP contribution in [0.25, 0.3) is 10.2 Å². The van der Waals surface area contributed by atoms with E-state index in [4.69, 9.17) is 4.74 Å². The molecule has 0 unspecified atom stereocenters. The number of nitrogens with zero attached hydrogens (tertiary/aromatic N) is 2. The van der Waals surface area contributed by atoms with E-state index in [0.717, 1.165) is 17.7 Å². The van der Waals surface area contributed by atoms with E-state index in [0.29, 0.717) is 23.4 Å². The van der Waals surface area contributed by atoms with Crippen LogP contribution in [-0.4, -0.2) is 29.1 Å². The lowest BCUT2D eigenvalue weighted by Crippen LogP contribution is -2.28. The van der Waals surface area contributed by atoms with Gasteiger partial charge >= 0.3 is 0 Å². The van der Waals surface area contributed by atoms with Crippen LogP contribution in [-0.2, 0) is 0 Å². The summed E-state index contributed by atoms with van der Waals surface area (Å²) in [7, 11) is 0. The predicted octanol–water partition coefficient (Wildman–Crippen LogP) is 2.34. The van der Waals surface area contributed by atoms with Crippen molar-refractivity contribution in [3.63, 3.8) is 0 Å². The first-order valence-corrected chi connectivity index (χ1v) is 6.95. The van der Waals surface area contributed by atoms with Gasteiger partial charge in [0.05, 0.1) is 15.1 Å². The van der Waals surface area contributed by atoms with Crippen molar-refractivity contribution >= 4 is 27.2 Å². The average Bonchev–Trinajstić information content (AvgIpc) is 3.04. The second-order valence-corrected chi connectivity index (χ2v) is 5.49. The van der Waals surface area contributed by atoms with E-state index in [2.05, 4.69) is 10.3 Å². The molecular weight excluding hydrogens is 266 g/mol. The van der Waals surface area contributed by atoms with Crippen molar-refractivity contribution in [3.05, 3.63) is 28.3 Å². The van der Waals surface area contributed by atoms with Crippen LogP contribution < -0.4 is 10.1 Å². The number of rotatable bonds is 4. The molecule has 100 valence electrons. The first kappa shape index (κ1) is 12.3. The van der Waals surface area contributed by atoms with Crippen molar-refractivity contribution in [3.8, 4) is 5.19 Å². The quantitative estimate of drug-likeness (QED) is 0.686. The minimum atomic E-state index is -0.415. The summed E-state index contributed by atoms with van der Waals surface area (Å²) >= 11 is 1.42. The van der Waals surface area contributed by atoms with Crippen molar-refractivity contribution in [2.45, 2.75) is 18.9 Å². The van der Waals surface area contributed by atoms with E-state index in [9.17, 15) is 10.1 Å². The van der Waals surface area contributed by atoms with Gasteiger partial charge in [-0.3, -0.25) is 10.1 Å². The molecule has 19 heavy (non-hydrogen) atoms. The standard InChI is InChI=1S/C12H13N3O3S/c16-15(17)9-3-4-11-10(6-9)14-12(19-11)18-7-8-2-1-5-13-8/h3-4,6,8,13H,1-2,5,7H2/t8-/m1/s1. The highest BCUT2D eigenvalue weighted by molar-refractivity contribution is 7.20. The van der Waals surface area contributed by atoms with Gasteiger partial charge in [0, 0.05) is 18.2 Å². The zero-order valence-corrected chi connectivity index (χ0v) is 11.0. The maximum Gasteiger partial charge on any atom is 0.274 e. The van der Waals surface area contributed by atoms with Gasteiger partial charge in [-0.05, 0) is 25.5 Å². The summed E-state index contributed by atoms with van der Waals surface area (Å²) in [6.45, 7) is 1.64. The first-order valence-electron chi connectivity index (χ1n) is 6.13. The van der Waals surface area contributed by atoms with Gasteiger partial charge in [0.25, 0.3) is 10.9 Å². The van der Waals surface area contributed by atoms with Crippen LogP contribution in [0, 0.1) is 10.1 Å². The molecule has 0 amide bonds. The SMILES string of the molecule is O=[N+]([O-])c1ccc2sc(OC[C@H]3CCCN3)nc2c1. The molecule has 1 aliphatic rings. The van der Waals surface area contributed by atoms with Crippen LogP contribution in [0.15, 0.2) is 18.2 Å². The zero-order valence-electron chi connectivity index (χ0n) is 10.2. The molecule has 6 nitrogen and oxygen atoms in total. The number of nitro groups is 1.